The van der Waals surface area contributed by atoms with E-state index >= 15 is 0 Å². The van der Waals surface area contributed by atoms with E-state index in [2.05, 4.69) is 5.32 Å². The predicted molar refractivity (Wildman–Crippen MR) is 61.7 cm³/mol. The molecule has 1 rings (SSSR count). The molecule has 0 aromatic carbocycles. The molecular weight excluding hydrogens is 224 g/mol. The summed E-state index contributed by atoms with van der Waals surface area (Å²) >= 11 is 0. The molecule has 1 unspecified atom stereocenters. The summed E-state index contributed by atoms with van der Waals surface area (Å²) < 4.78 is 4.85. The van der Waals surface area contributed by atoms with Crippen LogP contribution < -0.4 is 5.32 Å². The number of ether oxygens (including phenoxy) is 1. The highest BCUT2D eigenvalue weighted by Crippen LogP contribution is 2.29. The molecule has 1 heterocycles. The molecule has 6 nitrogen and oxygen atoms in total. The lowest BCUT2D eigenvalue weighted by atomic mass is 9.90. The molecule has 0 radical (unpaired) electrons. The monoisotopic (exact) mass is 244 g/mol. The van der Waals surface area contributed by atoms with Crippen molar-refractivity contribution < 1.29 is 19.4 Å². The zero-order valence-electron chi connectivity index (χ0n) is 10.4. The average molecular weight is 244 g/mol. The highest BCUT2D eigenvalue weighted by Gasteiger charge is 2.41. The normalized spacial score (nSPS) is 24.0. The molecule has 2 N–H and O–H groups in total. The smallest absolute Gasteiger partial charge is 0.311 e. The van der Waals surface area contributed by atoms with Gasteiger partial charge in [0.05, 0.1) is 18.6 Å². The van der Waals surface area contributed by atoms with Crippen LogP contribution in [0.5, 0.6) is 0 Å². The van der Waals surface area contributed by atoms with E-state index in [1.54, 1.807) is 18.9 Å². The molecule has 0 spiro atoms. The zero-order chi connectivity index (χ0) is 12.9. The van der Waals surface area contributed by atoms with E-state index in [0.717, 1.165) is 0 Å². The Morgan fingerprint density at radius 1 is 1.53 bits per heavy atom. The molecule has 1 aliphatic heterocycles. The van der Waals surface area contributed by atoms with E-state index < -0.39 is 11.4 Å². The first-order valence-electron chi connectivity index (χ1n) is 5.70. The van der Waals surface area contributed by atoms with Gasteiger partial charge in [0.15, 0.2) is 0 Å². The summed E-state index contributed by atoms with van der Waals surface area (Å²) in [5, 5.41) is 12.0. The summed E-state index contributed by atoms with van der Waals surface area (Å²) in [6.07, 6.45) is 0.520. The van der Waals surface area contributed by atoms with Crippen LogP contribution in [-0.2, 0) is 14.3 Å². The predicted octanol–water partition coefficient (Wildman–Crippen LogP) is -0.454. The van der Waals surface area contributed by atoms with Crippen LogP contribution in [0.15, 0.2) is 0 Å². The van der Waals surface area contributed by atoms with E-state index in [0.29, 0.717) is 32.7 Å². The Kier molecular flexibility index (Phi) is 4.89. The van der Waals surface area contributed by atoms with Gasteiger partial charge in [-0.2, -0.15) is 0 Å². The van der Waals surface area contributed by atoms with E-state index in [1.807, 2.05) is 0 Å². The van der Waals surface area contributed by atoms with E-state index in [-0.39, 0.29) is 12.5 Å². The summed E-state index contributed by atoms with van der Waals surface area (Å²) in [7, 11) is 1.60. The van der Waals surface area contributed by atoms with E-state index in [1.165, 1.54) is 0 Å². The second kappa shape index (κ2) is 5.97. The number of methoxy groups -OCH3 is 1. The molecule has 1 atom stereocenters. The molecular formula is C11H20N2O4. The van der Waals surface area contributed by atoms with Crippen LogP contribution in [0.1, 0.15) is 13.3 Å². The fourth-order valence-electron chi connectivity index (χ4n) is 1.83. The first-order chi connectivity index (χ1) is 7.99. The number of aliphatic carboxylic acids is 1. The summed E-state index contributed by atoms with van der Waals surface area (Å²) in [4.78, 5) is 24.4. The number of nitrogens with one attached hydrogen (secondary N) is 1. The largest absolute Gasteiger partial charge is 0.481 e. The van der Waals surface area contributed by atoms with Crippen LogP contribution >= 0.6 is 0 Å². The zero-order valence-corrected chi connectivity index (χ0v) is 10.4. The highest BCUT2D eigenvalue weighted by atomic mass is 16.5. The highest BCUT2D eigenvalue weighted by molar-refractivity contribution is 5.81. The minimum atomic E-state index is -0.833. The number of hydrogen-bond acceptors (Lipinski definition) is 4. The number of carbonyl (C=O) groups is 2. The van der Waals surface area contributed by atoms with Crippen LogP contribution in [0.3, 0.4) is 0 Å². The number of hydrogen-bond donors (Lipinski definition) is 2. The molecule has 1 amide bonds. The lowest BCUT2D eigenvalue weighted by Crippen LogP contribution is -2.40. The lowest BCUT2D eigenvalue weighted by Gasteiger charge is -2.20. The Hall–Kier alpha value is -1.14. The van der Waals surface area contributed by atoms with Crippen LogP contribution in [0, 0.1) is 5.41 Å². The number of carbonyl (C=O) groups excluding carboxylic acids is 1. The van der Waals surface area contributed by atoms with Gasteiger partial charge in [-0.05, 0) is 13.3 Å². The van der Waals surface area contributed by atoms with Crippen molar-refractivity contribution in [1.29, 1.82) is 0 Å². The van der Waals surface area contributed by atoms with Crippen LogP contribution in [0.2, 0.25) is 0 Å². The number of amides is 1. The first kappa shape index (κ1) is 13.9. The van der Waals surface area contributed by atoms with Crippen molar-refractivity contribution in [3.63, 3.8) is 0 Å². The average Bonchev–Trinajstić information content (AvgIpc) is 2.69. The molecule has 0 aliphatic carbocycles. The molecule has 0 aromatic rings. The SMILES string of the molecule is COCCNCC(=O)N1CCC(C)(C(=O)O)C1. The van der Waals surface area contributed by atoms with Gasteiger partial charge in [0.2, 0.25) is 5.91 Å². The van der Waals surface area contributed by atoms with Gasteiger partial charge in [0.25, 0.3) is 0 Å². The maximum Gasteiger partial charge on any atom is 0.311 e. The first-order valence-corrected chi connectivity index (χ1v) is 5.70. The fourth-order valence-corrected chi connectivity index (χ4v) is 1.83. The maximum atomic E-state index is 11.7. The van der Waals surface area contributed by atoms with Gasteiger partial charge in [-0.3, -0.25) is 9.59 Å². The number of rotatable bonds is 6. The fraction of sp³-hybridized carbons (Fsp3) is 0.818. The number of nitrogens with zero attached hydrogens (tertiary/aromatic N) is 1. The second-order valence-corrected chi connectivity index (χ2v) is 4.60. The molecule has 0 aromatic heterocycles. The van der Waals surface area contributed by atoms with Crippen LogP contribution in [-0.4, -0.2) is 61.8 Å². The minimum absolute atomic E-state index is 0.0499. The quantitative estimate of drug-likeness (QED) is 0.618. The summed E-state index contributed by atoms with van der Waals surface area (Å²) in [6, 6.07) is 0. The van der Waals surface area contributed by atoms with Crippen molar-refractivity contribution in [1.82, 2.24) is 10.2 Å². The van der Waals surface area contributed by atoms with Gasteiger partial charge < -0.3 is 20.1 Å². The Balaban J connectivity index is 2.33. The standard InChI is InChI=1S/C11H20N2O4/c1-11(10(15)16)3-5-13(8-11)9(14)7-12-4-6-17-2/h12H,3-8H2,1-2H3,(H,15,16). The molecule has 6 heteroatoms. The Morgan fingerprint density at radius 2 is 2.24 bits per heavy atom. The topological polar surface area (TPSA) is 78.9 Å². The van der Waals surface area contributed by atoms with Crippen molar-refractivity contribution in [2.24, 2.45) is 5.41 Å². The molecule has 17 heavy (non-hydrogen) atoms. The van der Waals surface area contributed by atoms with Gasteiger partial charge in [-0.25, -0.2) is 0 Å². The molecule has 98 valence electrons. The summed E-state index contributed by atoms with van der Waals surface area (Å²) in [6.45, 7) is 3.91. The minimum Gasteiger partial charge on any atom is -0.481 e. The van der Waals surface area contributed by atoms with Gasteiger partial charge in [0.1, 0.15) is 0 Å². The van der Waals surface area contributed by atoms with Crippen LogP contribution in [0.25, 0.3) is 0 Å². The molecule has 0 bridgehead atoms. The number of carboxylic acid groups (broad SMARTS) is 1. The van der Waals surface area contributed by atoms with Gasteiger partial charge in [-0.1, -0.05) is 0 Å². The second-order valence-electron chi connectivity index (χ2n) is 4.60. The van der Waals surface area contributed by atoms with Crippen molar-refractivity contribution >= 4 is 11.9 Å². The van der Waals surface area contributed by atoms with E-state index in [4.69, 9.17) is 9.84 Å². The molecule has 1 fully saturated rings. The third kappa shape index (κ3) is 3.67. The van der Waals surface area contributed by atoms with Crippen LogP contribution in [0.4, 0.5) is 0 Å². The van der Waals surface area contributed by atoms with Gasteiger partial charge in [0, 0.05) is 26.7 Å². The summed E-state index contributed by atoms with van der Waals surface area (Å²) in [5.74, 6) is -0.883. The van der Waals surface area contributed by atoms with Crippen molar-refractivity contribution in [3.8, 4) is 0 Å². The summed E-state index contributed by atoms with van der Waals surface area (Å²) in [5.41, 5.74) is -0.789. The maximum absolute atomic E-state index is 11.7. The third-order valence-corrected chi connectivity index (χ3v) is 3.10. The Morgan fingerprint density at radius 3 is 2.76 bits per heavy atom. The number of carboxylic acids is 1. The van der Waals surface area contributed by atoms with Gasteiger partial charge in [-0.15, -0.1) is 0 Å². The van der Waals surface area contributed by atoms with Gasteiger partial charge >= 0.3 is 5.97 Å². The Bertz CT molecular complexity index is 295. The number of likely N-dealkylation sites (tertiary alicyclic amines) is 1. The van der Waals surface area contributed by atoms with Crippen molar-refractivity contribution in [2.75, 3.05) is 39.9 Å². The lowest BCUT2D eigenvalue weighted by molar-refractivity contribution is -0.147. The Labute approximate surface area is 101 Å². The van der Waals surface area contributed by atoms with Crippen molar-refractivity contribution in [3.05, 3.63) is 0 Å². The third-order valence-electron chi connectivity index (χ3n) is 3.10. The molecule has 0 saturated carbocycles. The molecule has 1 saturated heterocycles. The van der Waals surface area contributed by atoms with E-state index in [9.17, 15) is 9.59 Å². The molecule has 1 aliphatic rings. The van der Waals surface area contributed by atoms with Crippen molar-refractivity contribution in [2.45, 2.75) is 13.3 Å².